The van der Waals surface area contributed by atoms with E-state index in [1.807, 2.05) is 0 Å². The van der Waals surface area contributed by atoms with Crippen LogP contribution in [0.4, 0.5) is 22.7 Å². The maximum atomic E-state index is 13.0. The minimum absolute atomic E-state index is 0.00648. The molecule has 0 fully saturated rings. The van der Waals surface area contributed by atoms with Gasteiger partial charge in [-0.25, -0.2) is 0 Å². The zero-order valence-corrected chi connectivity index (χ0v) is 17.2. The molecular formula is C21H17N5O5S. The number of hydrogen-bond acceptors (Lipinski definition) is 6. The van der Waals surface area contributed by atoms with Gasteiger partial charge in [0.05, 0.1) is 9.85 Å². The quantitative estimate of drug-likeness (QED) is 0.276. The highest BCUT2D eigenvalue weighted by atomic mass is 32.1. The SMILES string of the molecule is O=C(Nc1ccc([N+](=O)[O-])cc1)C(NC(=S)Nc1ccccc1[N+](=O)[O-])c1ccccc1. The summed E-state index contributed by atoms with van der Waals surface area (Å²) in [5.74, 6) is -0.475. The first-order chi connectivity index (χ1) is 15.3. The topological polar surface area (TPSA) is 139 Å². The second-order valence-electron chi connectivity index (χ2n) is 6.51. The van der Waals surface area contributed by atoms with Crippen molar-refractivity contribution in [3.05, 3.63) is 105 Å². The third-order valence-corrected chi connectivity index (χ3v) is 4.59. The van der Waals surface area contributed by atoms with Crippen molar-refractivity contribution >= 4 is 46.0 Å². The fraction of sp³-hybridized carbons (Fsp3) is 0.0476. The smallest absolute Gasteiger partial charge is 0.292 e. The Morgan fingerprint density at radius 3 is 2.06 bits per heavy atom. The maximum Gasteiger partial charge on any atom is 0.292 e. The van der Waals surface area contributed by atoms with E-state index in [-0.39, 0.29) is 22.2 Å². The number of nitro benzene ring substituents is 2. The zero-order chi connectivity index (χ0) is 23.1. The summed E-state index contributed by atoms with van der Waals surface area (Å²) in [5.41, 5.74) is 0.871. The molecule has 0 radical (unpaired) electrons. The molecule has 11 heteroatoms. The van der Waals surface area contributed by atoms with E-state index in [0.29, 0.717) is 11.3 Å². The lowest BCUT2D eigenvalue weighted by Crippen LogP contribution is -2.39. The Balaban J connectivity index is 1.79. The van der Waals surface area contributed by atoms with Crippen LogP contribution in [0.2, 0.25) is 0 Å². The van der Waals surface area contributed by atoms with Gasteiger partial charge in [-0.2, -0.15) is 0 Å². The van der Waals surface area contributed by atoms with E-state index in [9.17, 15) is 25.0 Å². The third kappa shape index (κ3) is 5.61. The first kappa shape index (κ1) is 22.3. The van der Waals surface area contributed by atoms with Crippen LogP contribution in [0.1, 0.15) is 11.6 Å². The number of amides is 1. The molecule has 0 aromatic heterocycles. The summed E-state index contributed by atoms with van der Waals surface area (Å²) in [7, 11) is 0. The van der Waals surface area contributed by atoms with E-state index in [1.54, 1.807) is 36.4 Å². The lowest BCUT2D eigenvalue weighted by atomic mass is 10.1. The van der Waals surface area contributed by atoms with Crippen LogP contribution in [0.15, 0.2) is 78.9 Å². The van der Waals surface area contributed by atoms with E-state index in [0.717, 1.165) is 0 Å². The molecule has 10 nitrogen and oxygen atoms in total. The summed E-state index contributed by atoms with van der Waals surface area (Å²) in [6.07, 6.45) is 0. The van der Waals surface area contributed by atoms with Gasteiger partial charge in [0.15, 0.2) is 5.11 Å². The Hall–Kier alpha value is -4.38. The minimum Gasteiger partial charge on any atom is -0.347 e. The molecule has 0 aliphatic heterocycles. The minimum atomic E-state index is -0.936. The van der Waals surface area contributed by atoms with Crippen molar-refractivity contribution in [2.75, 3.05) is 10.6 Å². The van der Waals surface area contributed by atoms with Crippen LogP contribution < -0.4 is 16.0 Å². The number of nitro groups is 2. The second-order valence-corrected chi connectivity index (χ2v) is 6.92. The Kier molecular flexibility index (Phi) is 7.03. The molecule has 3 rings (SSSR count). The lowest BCUT2D eigenvalue weighted by molar-refractivity contribution is -0.384. The van der Waals surface area contributed by atoms with Gasteiger partial charge in [0, 0.05) is 23.9 Å². The highest BCUT2D eigenvalue weighted by molar-refractivity contribution is 7.80. The number of rotatable bonds is 7. The molecule has 3 aromatic carbocycles. The Labute approximate surface area is 187 Å². The predicted octanol–water partition coefficient (Wildman–Crippen LogP) is 4.17. The molecular weight excluding hydrogens is 434 g/mol. The fourth-order valence-electron chi connectivity index (χ4n) is 2.85. The molecule has 0 bridgehead atoms. The second kappa shape index (κ2) is 10.1. The van der Waals surface area contributed by atoms with E-state index < -0.39 is 21.8 Å². The molecule has 3 aromatic rings. The number of nitrogens with one attached hydrogen (secondary N) is 3. The van der Waals surface area contributed by atoms with Crippen LogP contribution in [-0.4, -0.2) is 20.9 Å². The molecule has 0 aliphatic rings. The summed E-state index contributed by atoms with van der Waals surface area (Å²) in [6, 6.07) is 19.2. The molecule has 1 atom stereocenters. The molecule has 0 aliphatic carbocycles. The highest BCUT2D eigenvalue weighted by Crippen LogP contribution is 2.24. The number of carbonyl (C=O) groups excluding carboxylic acids is 1. The van der Waals surface area contributed by atoms with Gasteiger partial charge in [-0.05, 0) is 36.0 Å². The Morgan fingerprint density at radius 1 is 0.812 bits per heavy atom. The van der Waals surface area contributed by atoms with Crippen molar-refractivity contribution in [2.24, 2.45) is 0 Å². The number of benzene rings is 3. The van der Waals surface area contributed by atoms with Gasteiger partial charge < -0.3 is 16.0 Å². The van der Waals surface area contributed by atoms with Crippen LogP contribution in [0.3, 0.4) is 0 Å². The summed E-state index contributed by atoms with van der Waals surface area (Å²) in [6.45, 7) is 0. The van der Waals surface area contributed by atoms with Crippen molar-refractivity contribution in [3.8, 4) is 0 Å². The number of para-hydroxylation sites is 2. The molecule has 162 valence electrons. The number of carbonyl (C=O) groups is 1. The number of anilines is 2. The lowest BCUT2D eigenvalue weighted by Gasteiger charge is -2.21. The maximum absolute atomic E-state index is 13.0. The molecule has 32 heavy (non-hydrogen) atoms. The summed E-state index contributed by atoms with van der Waals surface area (Å²) in [4.78, 5) is 33.9. The molecule has 0 spiro atoms. The molecule has 1 amide bonds. The largest absolute Gasteiger partial charge is 0.347 e. The summed E-state index contributed by atoms with van der Waals surface area (Å²) >= 11 is 5.29. The van der Waals surface area contributed by atoms with Crippen LogP contribution in [0.25, 0.3) is 0 Å². The number of nitrogens with zero attached hydrogens (tertiary/aromatic N) is 2. The standard InChI is InChI=1S/C21H17N5O5S/c27-20(22-15-10-12-16(13-11-15)25(28)29)19(14-6-2-1-3-7-14)24-21(32)23-17-8-4-5-9-18(17)26(30)31/h1-13,19H,(H,22,27)(H2,23,24,32). The van der Waals surface area contributed by atoms with Gasteiger partial charge in [0.2, 0.25) is 0 Å². The van der Waals surface area contributed by atoms with Crippen molar-refractivity contribution in [2.45, 2.75) is 6.04 Å². The van der Waals surface area contributed by atoms with Gasteiger partial charge in [0.25, 0.3) is 17.3 Å². The van der Waals surface area contributed by atoms with Crippen LogP contribution in [-0.2, 0) is 4.79 Å². The van der Waals surface area contributed by atoms with Crippen LogP contribution in [0, 0.1) is 20.2 Å². The van der Waals surface area contributed by atoms with Crippen molar-refractivity contribution < 1.29 is 14.6 Å². The van der Waals surface area contributed by atoms with Gasteiger partial charge in [-0.1, -0.05) is 42.5 Å². The fourth-order valence-corrected chi connectivity index (χ4v) is 3.08. The zero-order valence-electron chi connectivity index (χ0n) is 16.4. The highest BCUT2D eigenvalue weighted by Gasteiger charge is 2.23. The normalized spacial score (nSPS) is 11.1. The third-order valence-electron chi connectivity index (χ3n) is 4.37. The van der Waals surface area contributed by atoms with E-state index >= 15 is 0 Å². The molecule has 0 saturated carbocycles. The molecule has 1 unspecified atom stereocenters. The summed E-state index contributed by atoms with van der Waals surface area (Å²) < 4.78 is 0. The molecule has 0 heterocycles. The Bertz CT molecular complexity index is 1150. The van der Waals surface area contributed by atoms with Gasteiger partial charge in [0.1, 0.15) is 11.7 Å². The monoisotopic (exact) mass is 451 g/mol. The van der Waals surface area contributed by atoms with Crippen LogP contribution >= 0.6 is 12.2 Å². The van der Waals surface area contributed by atoms with Crippen molar-refractivity contribution in [3.63, 3.8) is 0 Å². The molecule has 0 saturated heterocycles. The average Bonchev–Trinajstić information content (AvgIpc) is 2.78. The van der Waals surface area contributed by atoms with Gasteiger partial charge in [-0.15, -0.1) is 0 Å². The summed E-state index contributed by atoms with van der Waals surface area (Å²) in [5, 5.41) is 30.4. The van der Waals surface area contributed by atoms with Crippen molar-refractivity contribution in [1.29, 1.82) is 0 Å². The predicted molar refractivity (Wildman–Crippen MR) is 123 cm³/mol. The van der Waals surface area contributed by atoms with E-state index in [1.165, 1.54) is 42.5 Å². The number of thiocarbonyl (C=S) groups is 1. The van der Waals surface area contributed by atoms with Crippen molar-refractivity contribution in [1.82, 2.24) is 5.32 Å². The van der Waals surface area contributed by atoms with E-state index in [2.05, 4.69) is 16.0 Å². The average molecular weight is 451 g/mol. The van der Waals surface area contributed by atoms with Crippen LogP contribution in [0.5, 0.6) is 0 Å². The first-order valence-electron chi connectivity index (χ1n) is 9.26. The first-order valence-corrected chi connectivity index (χ1v) is 9.67. The van der Waals surface area contributed by atoms with Gasteiger partial charge >= 0.3 is 0 Å². The van der Waals surface area contributed by atoms with Gasteiger partial charge in [-0.3, -0.25) is 25.0 Å². The number of hydrogen-bond donors (Lipinski definition) is 3. The Morgan fingerprint density at radius 2 is 1.44 bits per heavy atom. The number of non-ortho nitro benzene ring substituents is 1. The molecule has 3 N–H and O–H groups in total. The van der Waals surface area contributed by atoms with E-state index in [4.69, 9.17) is 12.2 Å².